The van der Waals surface area contributed by atoms with E-state index in [1.807, 2.05) is 0 Å². The van der Waals surface area contributed by atoms with Gasteiger partial charge in [-0.2, -0.15) is 0 Å². The zero-order chi connectivity index (χ0) is 31.2. The van der Waals surface area contributed by atoms with E-state index in [-0.39, 0.29) is 11.5 Å². The molecular weight excluding hydrogens is 556 g/mol. The molecule has 2 atom stereocenters. The van der Waals surface area contributed by atoms with Crippen molar-refractivity contribution in [2.45, 2.75) is 50.6 Å². The number of hydrogen-bond acceptors (Lipinski definition) is 12. The van der Waals surface area contributed by atoms with Crippen LogP contribution in [0.1, 0.15) is 37.8 Å². The monoisotopic (exact) mass is 586 g/mol. The molecule has 42 heavy (non-hydrogen) atoms. The number of carbonyl (C=O) groups excluding carboxylic acids is 3. The van der Waals surface area contributed by atoms with E-state index in [1.165, 1.54) is 50.3 Å². The minimum atomic E-state index is -2.32. The Morgan fingerprint density at radius 2 is 1.21 bits per heavy atom. The fraction of sp³-hybridized carbons (Fsp3) is 0.310. The molecule has 13 heteroatoms. The molecule has 1 fully saturated rings. The number of aromatic hydroxyl groups is 4. The van der Waals surface area contributed by atoms with Crippen LogP contribution in [0.2, 0.25) is 0 Å². The lowest BCUT2D eigenvalue weighted by Gasteiger charge is -2.42. The normalized spacial score (nSPS) is 22.2. The molecule has 0 aliphatic heterocycles. The van der Waals surface area contributed by atoms with Crippen LogP contribution in [0.25, 0.3) is 12.2 Å². The Morgan fingerprint density at radius 1 is 0.786 bits per heavy atom. The van der Waals surface area contributed by atoms with Crippen molar-refractivity contribution in [3.8, 4) is 23.0 Å². The van der Waals surface area contributed by atoms with Crippen LogP contribution in [0.5, 0.6) is 23.0 Å². The van der Waals surface area contributed by atoms with Crippen molar-refractivity contribution in [2.75, 3.05) is 0 Å². The molecule has 6 N–H and O–H groups in total. The first kappa shape index (κ1) is 31.5. The summed E-state index contributed by atoms with van der Waals surface area (Å²) in [6.45, 7) is 2.95. The molecule has 0 heterocycles. The van der Waals surface area contributed by atoms with Crippen molar-refractivity contribution in [3.63, 3.8) is 0 Å². The quantitative estimate of drug-likeness (QED) is 0.108. The average Bonchev–Trinajstić information content (AvgIpc) is 2.92. The van der Waals surface area contributed by atoms with Crippen molar-refractivity contribution in [2.24, 2.45) is 5.92 Å². The first-order valence-corrected chi connectivity index (χ1v) is 12.7. The first-order valence-electron chi connectivity index (χ1n) is 12.7. The molecule has 0 bridgehead atoms. The van der Waals surface area contributed by atoms with Crippen LogP contribution in [0.4, 0.5) is 0 Å². The van der Waals surface area contributed by atoms with Gasteiger partial charge in [0.2, 0.25) is 5.60 Å². The molecule has 0 saturated heterocycles. The Kier molecular flexibility index (Phi) is 9.81. The number of rotatable bonds is 9. The predicted octanol–water partition coefficient (Wildman–Crippen LogP) is 2.24. The number of carboxylic acid groups (broad SMARTS) is 1. The van der Waals surface area contributed by atoms with E-state index in [1.54, 1.807) is 0 Å². The van der Waals surface area contributed by atoms with E-state index in [2.05, 4.69) is 0 Å². The molecule has 1 aliphatic rings. The van der Waals surface area contributed by atoms with Crippen molar-refractivity contribution in [1.29, 1.82) is 0 Å². The van der Waals surface area contributed by atoms with Crippen molar-refractivity contribution in [1.82, 2.24) is 0 Å². The third-order valence-electron chi connectivity index (χ3n) is 6.34. The molecule has 0 spiro atoms. The molecule has 2 aromatic rings. The Bertz CT molecular complexity index is 1320. The number of phenolic OH excluding ortho intramolecular Hbond substituents is 4. The Balaban J connectivity index is 1.84. The Labute approximate surface area is 239 Å². The van der Waals surface area contributed by atoms with Gasteiger partial charge in [-0.25, -0.2) is 14.4 Å². The van der Waals surface area contributed by atoms with E-state index in [0.29, 0.717) is 11.1 Å². The zero-order valence-corrected chi connectivity index (χ0v) is 22.5. The summed E-state index contributed by atoms with van der Waals surface area (Å²) in [7, 11) is 0. The highest BCUT2D eigenvalue weighted by molar-refractivity contribution is 5.89. The van der Waals surface area contributed by atoms with Crippen LogP contribution in [0.3, 0.4) is 0 Å². The number of aliphatic hydroxyl groups is 1. The largest absolute Gasteiger partial charge is 0.504 e. The summed E-state index contributed by atoms with van der Waals surface area (Å²) in [5.74, 6) is -6.95. The van der Waals surface area contributed by atoms with Crippen molar-refractivity contribution in [3.05, 3.63) is 59.7 Å². The third kappa shape index (κ3) is 7.79. The van der Waals surface area contributed by atoms with Gasteiger partial charge >= 0.3 is 23.9 Å². The molecule has 13 nitrogen and oxygen atoms in total. The van der Waals surface area contributed by atoms with E-state index >= 15 is 0 Å². The van der Waals surface area contributed by atoms with Crippen LogP contribution >= 0.6 is 0 Å². The van der Waals surface area contributed by atoms with Gasteiger partial charge in [0.05, 0.1) is 5.92 Å². The minimum Gasteiger partial charge on any atom is -0.504 e. The number of phenols is 4. The molecule has 0 unspecified atom stereocenters. The van der Waals surface area contributed by atoms with Gasteiger partial charge in [0.15, 0.2) is 23.0 Å². The number of carboxylic acids is 1. The van der Waals surface area contributed by atoms with Gasteiger partial charge in [-0.1, -0.05) is 26.0 Å². The second kappa shape index (κ2) is 13.1. The van der Waals surface area contributed by atoms with Gasteiger partial charge in [-0.3, -0.25) is 4.79 Å². The highest BCUT2D eigenvalue weighted by atomic mass is 16.6. The summed E-state index contributed by atoms with van der Waals surface area (Å²) in [4.78, 5) is 50.0. The fourth-order valence-corrected chi connectivity index (χ4v) is 4.04. The number of ether oxygens (including phenoxy) is 3. The average molecular weight is 587 g/mol. The molecular formula is C29H30O13. The van der Waals surface area contributed by atoms with Crippen LogP contribution in [-0.4, -0.2) is 78.4 Å². The summed E-state index contributed by atoms with van der Waals surface area (Å²) in [5, 5.41) is 59.0. The smallest absolute Gasteiger partial charge is 0.348 e. The molecule has 224 valence electrons. The maximum absolute atomic E-state index is 12.6. The molecule has 0 amide bonds. The number of benzene rings is 2. The van der Waals surface area contributed by atoms with Crippen LogP contribution in [0, 0.1) is 5.92 Å². The minimum absolute atomic E-state index is 0.303. The molecule has 1 aliphatic carbocycles. The van der Waals surface area contributed by atoms with Crippen LogP contribution in [-0.2, 0) is 33.4 Å². The van der Waals surface area contributed by atoms with Crippen LogP contribution in [0.15, 0.2) is 48.6 Å². The highest BCUT2D eigenvalue weighted by Gasteiger charge is 2.56. The second-order valence-electron chi connectivity index (χ2n) is 9.89. The van der Waals surface area contributed by atoms with Gasteiger partial charge < -0.3 is 44.8 Å². The Hall–Kier alpha value is -5.04. The summed E-state index contributed by atoms with van der Waals surface area (Å²) < 4.78 is 15.9. The number of hydrogen-bond donors (Lipinski definition) is 6. The SMILES string of the molecule is CC(C)C(=O)OC1(C(=O)O)C[C@@H](OC(=O)/C=C/c2ccc(O)c(O)c2)C(O)[C@H](OC(=O)/C=C/c2ccc(O)c(O)c2)C1. The summed E-state index contributed by atoms with van der Waals surface area (Å²) in [6, 6.07) is 7.48. The molecule has 3 rings (SSSR count). The highest BCUT2D eigenvalue weighted by Crippen LogP contribution is 2.37. The number of esters is 3. The molecule has 0 aromatic heterocycles. The number of aliphatic carboxylic acids is 1. The molecule has 1 saturated carbocycles. The predicted molar refractivity (Wildman–Crippen MR) is 144 cm³/mol. The van der Waals surface area contributed by atoms with Gasteiger partial charge in [0.1, 0.15) is 18.3 Å². The molecule has 0 radical (unpaired) electrons. The summed E-state index contributed by atoms with van der Waals surface area (Å²) >= 11 is 0. The number of aliphatic hydroxyl groups excluding tert-OH is 1. The van der Waals surface area contributed by atoms with E-state index in [9.17, 15) is 49.8 Å². The maximum atomic E-state index is 12.6. The van der Waals surface area contributed by atoms with E-state index in [4.69, 9.17) is 14.2 Å². The maximum Gasteiger partial charge on any atom is 0.348 e. The van der Waals surface area contributed by atoms with E-state index in [0.717, 1.165) is 24.3 Å². The first-order chi connectivity index (χ1) is 19.7. The van der Waals surface area contributed by atoms with Gasteiger partial charge in [-0.05, 0) is 47.5 Å². The third-order valence-corrected chi connectivity index (χ3v) is 6.34. The lowest BCUT2D eigenvalue weighted by molar-refractivity contribution is -0.215. The lowest BCUT2D eigenvalue weighted by atomic mass is 9.79. The van der Waals surface area contributed by atoms with Crippen molar-refractivity contribution >= 4 is 36.0 Å². The van der Waals surface area contributed by atoms with Gasteiger partial charge in [0, 0.05) is 25.0 Å². The fourth-order valence-electron chi connectivity index (χ4n) is 4.04. The topological polar surface area (TPSA) is 217 Å². The lowest BCUT2D eigenvalue weighted by Crippen LogP contribution is -2.60. The summed E-state index contributed by atoms with van der Waals surface area (Å²) in [6.07, 6.45) is -1.94. The second-order valence-corrected chi connectivity index (χ2v) is 9.89. The Morgan fingerprint density at radius 3 is 1.57 bits per heavy atom. The van der Waals surface area contributed by atoms with Crippen LogP contribution < -0.4 is 0 Å². The van der Waals surface area contributed by atoms with Gasteiger partial charge in [0.25, 0.3) is 0 Å². The van der Waals surface area contributed by atoms with Crippen molar-refractivity contribution < 1.29 is 64.0 Å². The standard InChI is InChI=1S/C29H30O13/c1-15(2)27(37)42-29(28(38)39)13-22(40-24(34)9-5-16-3-7-18(30)20(32)11-16)26(36)23(14-29)41-25(35)10-6-17-4-8-19(31)21(33)12-17/h3-12,15,22-23,26,30-33,36H,13-14H2,1-2H3,(H,38,39)/b9-5+,10-6+/t22-,23-,26?,29?/m1/s1. The molecule has 2 aromatic carbocycles. The van der Waals surface area contributed by atoms with Gasteiger partial charge in [-0.15, -0.1) is 0 Å². The number of carbonyl (C=O) groups is 4. The zero-order valence-electron chi connectivity index (χ0n) is 22.5. The summed E-state index contributed by atoms with van der Waals surface area (Å²) in [5.41, 5.74) is -1.72. The van der Waals surface area contributed by atoms with E-state index < -0.39 is 78.0 Å².